The summed E-state index contributed by atoms with van der Waals surface area (Å²) in [5.74, 6) is 0.913. The third-order valence-electron chi connectivity index (χ3n) is 3.62. The molecule has 2 N–H and O–H groups in total. The van der Waals surface area contributed by atoms with Crippen LogP contribution in [0.25, 0.3) is 0 Å². The molecule has 0 fully saturated rings. The van der Waals surface area contributed by atoms with Gasteiger partial charge in [-0.25, -0.2) is 0 Å². The number of benzene rings is 2. The first kappa shape index (κ1) is 18.8. The summed E-state index contributed by atoms with van der Waals surface area (Å²) < 4.78 is 11.3. The van der Waals surface area contributed by atoms with Crippen molar-refractivity contribution in [2.45, 2.75) is 19.3 Å². The largest absolute Gasteiger partial charge is 0.490 e. The van der Waals surface area contributed by atoms with E-state index in [-0.39, 0.29) is 6.42 Å². The van der Waals surface area contributed by atoms with Crippen molar-refractivity contribution in [2.24, 2.45) is 0 Å². The lowest BCUT2D eigenvalue weighted by atomic mass is 10.1. The van der Waals surface area contributed by atoms with E-state index in [1.165, 1.54) is 5.56 Å². The van der Waals surface area contributed by atoms with Crippen molar-refractivity contribution in [2.75, 3.05) is 26.3 Å². The van der Waals surface area contributed by atoms with Gasteiger partial charge in [-0.05, 0) is 49.2 Å². The molecule has 5 nitrogen and oxygen atoms in total. The molecule has 0 saturated heterocycles. The normalized spacial score (nSPS) is 10.4. The number of carbonyl (C=O) groups is 1. The van der Waals surface area contributed by atoms with Crippen LogP contribution in [0.3, 0.4) is 0 Å². The fraction of sp³-hybridized carbons (Fsp3) is 0.350. The van der Waals surface area contributed by atoms with Crippen LogP contribution in [-0.4, -0.2) is 37.4 Å². The number of rotatable bonds is 12. The lowest BCUT2D eigenvalue weighted by Crippen LogP contribution is -2.19. The Balaban J connectivity index is 1.57. The van der Waals surface area contributed by atoms with E-state index in [0.29, 0.717) is 19.8 Å². The van der Waals surface area contributed by atoms with Gasteiger partial charge in [-0.3, -0.25) is 4.79 Å². The predicted molar refractivity (Wildman–Crippen MR) is 97.3 cm³/mol. The van der Waals surface area contributed by atoms with Crippen molar-refractivity contribution in [1.29, 1.82) is 0 Å². The summed E-state index contributed by atoms with van der Waals surface area (Å²) >= 11 is 0. The number of para-hydroxylation sites is 1. The molecule has 134 valence electrons. The van der Waals surface area contributed by atoms with Crippen LogP contribution in [0.15, 0.2) is 54.6 Å². The molecule has 0 atom stereocenters. The number of hydrogen-bond donors (Lipinski definition) is 2. The summed E-state index contributed by atoms with van der Waals surface area (Å²) in [6.45, 7) is 2.35. The molecule has 0 aliphatic rings. The van der Waals surface area contributed by atoms with E-state index in [2.05, 4.69) is 17.4 Å². The van der Waals surface area contributed by atoms with Gasteiger partial charge in [0.15, 0.2) is 0 Å². The van der Waals surface area contributed by atoms with E-state index in [0.717, 1.165) is 30.9 Å². The molecule has 2 aromatic rings. The molecule has 0 unspecified atom stereocenters. The van der Waals surface area contributed by atoms with Gasteiger partial charge in [0.1, 0.15) is 24.7 Å². The first-order valence-electron chi connectivity index (χ1n) is 8.56. The Labute approximate surface area is 148 Å². The Morgan fingerprint density at radius 2 is 1.52 bits per heavy atom. The minimum absolute atomic E-state index is 0.167. The average Bonchev–Trinajstić information content (AvgIpc) is 2.63. The maximum absolute atomic E-state index is 10.4. The van der Waals surface area contributed by atoms with Crippen molar-refractivity contribution >= 4 is 5.97 Å². The second kappa shape index (κ2) is 11.1. The topological polar surface area (TPSA) is 67.8 Å². The van der Waals surface area contributed by atoms with E-state index >= 15 is 0 Å². The fourth-order valence-corrected chi connectivity index (χ4v) is 2.33. The highest BCUT2D eigenvalue weighted by Gasteiger charge is 1.99. The van der Waals surface area contributed by atoms with Crippen LogP contribution in [0.2, 0.25) is 0 Å². The van der Waals surface area contributed by atoms with Crippen LogP contribution in [0, 0.1) is 0 Å². The summed E-state index contributed by atoms with van der Waals surface area (Å²) in [5, 5.41) is 11.7. The number of nitrogens with one attached hydrogen (secondary N) is 1. The quantitative estimate of drug-likeness (QED) is 0.580. The third-order valence-corrected chi connectivity index (χ3v) is 3.62. The number of carboxylic acid groups (broad SMARTS) is 1. The van der Waals surface area contributed by atoms with Gasteiger partial charge in [0, 0.05) is 6.54 Å². The van der Waals surface area contributed by atoms with Crippen LogP contribution >= 0.6 is 0 Å². The zero-order chi connectivity index (χ0) is 17.7. The van der Waals surface area contributed by atoms with Gasteiger partial charge in [-0.15, -0.1) is 0 Å². The van der Waals surface area contributed by atoms with Crippen molar-refractivity contribution in [3.63, 3.8) is 0 Å². The molecule has 25 heavy (non-hydrogen) atoms. The van der Waals surface area contributed by atoms with E-state index in [1.807, 2.05) is 42.5 Å². The molecule has 0 bridgehead atoms. The standard InChI is InChI=1S/C20H25NO4/c22-20(23)12-14-21-13-4-5-17-8-10-19(11-9-17)25-16-15-24-18-6-2-1-3-7-18/h1-3,6-11,21H,4-5,12-16H2,(H,22,23). The van der Waals surface area contributed by atoms with E-state index < -0.39 is 5.97 Å². The molecular weight excluding hydrogens is 318 g/mol. The molecule has 0 aliphatic heterocycles. The summed E-state index contributed by atoms with van der Waals surface area (Å²) in [6.07, 6.45) is 2.10. The number of carboxylic acids is 1. The van der Waals surface area contributed by atoms with E-state index in [9.17, 15) is 4.79 Å². The summed E-state index contributed by atoms with van der Waals surface area (Å²) in [4.78, 5) is 10.4. The molecule has 0 spiro atoms. The average molecular weight is 343 g/mol. The fourth-order valence-electron chi connectivity index (χ4n) is 2.33. The van der Waals surface area contributed by atoms with Crippen molar-refractivity contribution < 1.29 is 19.4 Å². The van der Waals surface area contributed by atoms with Gasteiger partial charge in [-0.2, -0.15) is 0 Å². The van der Waals surface area contributed by atoms with Gasteiger partial charge in [0.05, 0.1) is 6.42 Å². The Morgan fingerprint density at radius 3 is 2.16 bits per heavy atom. The number of aryl methyl sites for hydroxylation is 1. The number of ether oxygens (including phenoxy) is 2. The number of aliphatic carboxylic acids is 1. The first-order valence-corrected chi connectivity index (χ1v) is 8.56. The Bertz CT molecular complexity index is 613. The summed E-state index contributed by atoms with van der Waals surface area (Å²) in [6, 6.07) is 17.7. The molecule has 0 heterocycles. The molecule has 2 rings (SSSR count). The molecule has 0 aliphatic carbocycles. The Hall–Kier alpha value is -2.53. The lowest BCUT2D eigenvalue weighted by molar-refractivity contribution is -0.136. The second-order valence-corrected chi connectivity index (χ2v) is 5.65. The SMILES string of the molecule is O=C(O)CCNCCCc1ccc(OCCOc2ccccc2)cc1. The molecule has 0 aromatic heterocycles. The smallest absolute Gasteiger partial charge is 0.304 e. The highest BCUT2D eigenvalue weighted by Crippen LogP contribution is 2.14. The van der Waals surface area contributed by atoms with Crippen LogP contribution in [0.4, 0.5) is 0 Å². The van der Waals surface area contributed by atoms with Gasteiger partial charge < -0.3 is 19.9 Å². The van der Waals surface area contributed by atoms with E-state index in [4.69, 9.17) is 14.6 Å². The maximum atomic E-state index is 10.4. The minimum Gasteiger partial charge on any atom is -0.490 e. The maximum Gasteiger partial charge on any atom is 0.304 e. The molecule has 2 aromatic carbocycles. The first-order chi connectivity index (χ1) is 12.2. The number of hydrogen-bond acceptors (Lipinski definition) is 4. The van der Waals surface area contributed by atoms with Gasteiger partial charge >= 0.3 is 5.97 Å². The van der Waals surface area contributed by atoms with Crippen LogP contribution in [0.1, 0.15) is 18.4 Å². The zero-order valence-electron chi connectivity index (χ0n) is 14.3. The van der Waals surface area contributed by atoms with Crippen LogP contribution in [-0.2, 0) is 11.2 Å². The summed E-state index contributed by atoms with van der Waals surface area (Å²) in [5.41, 5.74) is 1.24. The molecular formula is C20H25NO4. The monoisotopic (exact) mass is 343 g/mol. The predicted octanol–water partition coefficient (Wildman–Crippen LogP) is 3.14. The molecule has 0 amide bonds. The van der Waals surface area contributed by atoms with Gasteiger partial charge in [0.25, 0.3) is 0 Å². The third kappa shape index (κ3) is 8.22. The van der Waals surface area contributed by atoms with Crippen molar-refractivity contribution in [3.05, 3.63) is 60.2 Å². The van der Waals surface area contributed by atoms with Gasteiger partial charge in [-0.1, -0.05) is 30.3 Å². The summed E-state index contributed by atoms with van der Waals surface area (Å²) in [7, 11) is 0. The van der Waals surface area contributed by atoms with E-state index in [1.54, 1.807) is 0 Å². The highest BCUT2D eigenvalue weighted by molar-refractivity contribution is 5.66. The zero-order valence-corrected chi connectivity index (χ0v) is 14.3. The molecule has 5 heteroatoms. The van der Waals surface area contributed by atoms with Crippen molar-refractivity contribution in [1.82, 2.24) is 5.32 Å². The Morgan fingerprint density at radius 1 is 0.880 bits per heavy atom. The van der Waals surface area contributed by atoms with Crippen molar-refractivity contribution in [3.8, 4) is 11.5 Å². The van der Waals surface area contributed by atoms with Crippen LogP contribution < -0.4 is 14.8 Å². The second-order valence-electron chi connectivity index (χ2n) is 5.65. The highest BCUT2D eigenvalue weighted by atomic mass is 16.5. The molecule has 0 saturated carbocycles. The van der Waals surface area contributed by atoms with Crippen LogP contribution in [0.5, 0.6) is 11.5 Å². The Kier molecular flexibility index (Phi) is 8.35. The molecule has 0 radical (unpaired) electrons. The van der Waals surface area contributed by atoms with Gasteiger partial charge in [0.2, 0.25) is 0 Å². The lowest BCUT2D eigenvalue weighted by Gasteiger charge is -2.09. The minimum atomic E-state index is -0.766.